The first-order valence-corrected chi connectivity index (χ1v) is 10.2. The molecule has 2 fully saturated rings. The molecule has 0 aliphatic carbocycles. The second-order valence-electron chi connectivity index (χ2n) is 7.48. The lowest BCUT2D eigenvalue weighted by Gasteiger charge is -2.34. The van der Waals surface area contributed by atoms with Gasteiger partial charge in [-0.25, -0.2) is 4.98 Å². The summed E-state index contributed by atoms with van der Waals surface area (Å²) >= 11 is 0. The van der Waals surface area contributed by atoms with Crippen LogP contribution in [0.15, 0.2) is 30.3 Å². The molecule has 1 aromatic heterocycles. The first kappa shape index (κ1) is 18.0. The van der Waals surface area contributed by atoms with E-state index in [1.54, 1.807) is 0 Å². The van der Waals surface area contributed by atoms with Crippen molar-refractivity contribution in [2.75, 3.05) is 60.9 Å². The Morgan fingerprint density at radius 3 is 2.26 bits per heavy atom. The summed E-state index contributed by atoms with van der Waals surface area (Å²) in [6.07, 6.45) is 2.60. The molecule has 2 aliphatic heterocycles. The first-order valence-electron chi connectivity index (χ1n) is 10.2. The molecular weight excluding hydrogens is 336 g/mol. The lowest BCUT2D eigenvalue weighted by Crippen LogP contribution is -2.46. The highest BCUT2D eigenvalue weighted by Gasteiger charge is 2.18. The third-order valence-electron chi connectivity index (χ3n) is 5.58. The highest BCUT2D eigenvalue weighted by molar-refractivity contribution is 5.60. The Labute approximate surface area is 162 Å². The standard InChI is InChI=1S/C21H30N6/c1-3-25-12-14-27(15-13-25)20-16-17(2)22-21(24-20)23-18-6-8-19(9-7-18)26-10-4-5-11-26/h6-9,16H,3-5,10-15H2,1-2H3,(H,22,23,24). The van der Waals surface area contributed by atoms with Gasteiger partial charge in [-0.05, 0) is 50.6 Å². The zero-order valence-corrected chi connectivity index (χ0v) is 16.5. The number of aryl methyl sites for hydroxylation is 1. The summed E-state index contributed by atoms with van der Waals surface area (Å²) in [4.78, 5) is 16.7. The summed E-state index contributed by atoms with van der Waals surface area (Å²) in [6, 6.07) is 10.7. The van der Waals surface area contributed by atoms with E-state index in [9.17, 15) is 0 Å². The summed E-state index contributed by atoms with van der Waals surface area (Å²) in [6.45, 7) is 12.0. The van der Waals surface area contributed by atoms with Crippen molar-refractivity contribution in [3.63, 3.8) is 0 Å². The van der Waals surface area contributed by atoms with Crippen LogP contribution in [0, 0.1) is 6.92 Å². The van der Waals surface area contributed by atoms with Gasteiger partial charge in [0.2, 0.25) is 5.95 Å². The highest BCUT2D eigenvalue weighted by Crippen LogP contribution is 2.24. The summed E-state index contributed by atoms with van der Waals surface area (Å²) in [5.74, 6) is 1.70. The fraction of sp³-hybridized carbons (Fsp3) is 0.524. The van der Waals surface area contributed by atoms with Crippen molar-refractivity contribution in [3.8, 4) is 0 Å². The van der Waals surface area contributed by atoms with Gasteiger partial charge in [-0.3, -0.25) is 0 Å². The van der Waals surface area contributed by atoms with Crippen molar-refractivity contribution in [2.24, 2.45) is 0 Å². The van der Waals surface area contributed by atoms with Crippen LogP contribution in [0.2, 0.25) is 0 Å². The Morgan fingerprint density at radius 1 is 0.889 bits per heavy atom. The summed E-state index contributed by atoms with van der Waals surface area (Å²) in [5, 5.41) is 3.38. The smallest absolute Gasteiger partial charge is 0.229 e. The monoisotopic (exact) mass is 366 g/mol. The van der Waals surface area contributed by atoms with Gasteiger partial charge in [-0.15, -0.1) is 0 Å². The molecule has 0 bridgehead atoms. The van der Waals surface area contributed by atoms with Crippen LogP contribution in [0.1, 0.15) is 25.5 Å². The number of benzene rings is 1. The van der Waals surface area contributed by atoms with E-state index in [0.717, 1.165) is 49.9 Å². The van der Waals surface area contributed by atoms with Gasteiger partial charge in [0, 0.05) is 62.4 Å². The van der Waals surface area contributed by atoms with Crippen LogP contribution >= 0.6 is 0 Å². The molecule has 6 heteroatoms. The maximum absolute atomic E-state index is 4.78. The number of nitrogens with zero attached hydrogens (tertiary/aromatic N) is 5. The van der Waals surface area contributed by atoms with Gasteiger partial charge in [0.15, 0.2) is 0 Å². The first-order chi connectivity index (χ1) is 13.2. The predicted octanol–water partition coefficient (Wildman–Crippen LogP) is 3.27. The molecule has 2 aromatic rings. The molecular formula is C21H30N6. The van der Waals surface area contributed by atoms with Gasteiger partial charge in [-0.1, -0.05) is 6.92 Å². The van der Waals surface area contributed by atoms with Gasteiger partial charge in [0.1, 0.15) is 5.82 Å². The molecule has 1 aromatic carbocycles. The Morgan fingerprint density at radius 2 is 1.59 bits per heavy atom. The number of anilines is 4. The van der Waals surface area contributed by atoms with Gasteiger partial charge in [0.25, 0.3) is 0 Å². The molecule has 0 radical (unpaired) electrons. The fourth-order valence-electron chi connectivity index (χ4n) is 3.92. The second-order valence-corrected chi connectivity index (χ2v) is 7.48. The van der Waals surface area contributed by atoms with Crippen molar-refractivity contribution in [2.45, 2.75) is 26.7 Å². The molecule has 0 amide bonds. The molecule has 0 atom stereocenters. The van der Waals surface area contributed by atoms with Crippen molar-refractivity contribution >= 4 is 23.1 Å². The Hall–Kier alpha value is -2.34. The molecule has 27 heavy (non-hydrogen) atoms. The van der Waals surface area contributed by atoms with Crippen LogP contribution in [-0.4, -0.2) is 60.7 Å². The van der Waals surface area contributed by atoms with E-state index < -0.39 is 0 Å². The quantitative estimate of drug-likeness (QED) is 0.876. The minimum atomic E-state index is 0.678. The van der Waals surface area contributed by atoms with Crippen LogP contribution < -0.4 is 15.1 Å². The number of aromatic nitrogens is 2. The van der Waals surface area contributed by atoms with Gasteiger partial charge >= 0.3 is 0 Å². The minimum absolute atomic E-state index is 0.678. The number of piperazine rings is 1. The van der Waals surface area contributed by atoms with Crippen molar-refractivity contribution in [3.05, 3.63) is 36.0 Å². The van der Waals surface area contributed by atoms with E-state index >= 15 is 0 Å². The van der Waals surface area contributed by atoms with E-state index in [-0.39, 0.29) is 0 Å². The Kier molecular flexibility index (Phi) is 5.43. The van der Waals surface area contributed by atoms with Gasteiger partial charge in [-0.2, -0.15) is 4.98 Å². The fourth-order valence-corrected chi connectivity index (χ4v) is 3.92. The number of likely N-dealkylation sites (N-methyl/N-ethyl adjacent to an activating group) is 1. The zero-order valence-electron chi connectivity index (χ0n) is 16.5. The van der Waals surface area contributed by atoms with Crippen molar-refractivity contribution in [1.29, 1.82) is 0 Å². The normalized spacial score (nSPS) is 18.1. The van der Waals surface area contributed by atoms with Crippen LogP contribution in [0.5, 0.6) is 0 Å². The third-order valence-corrected chi connectivity index (χ3v) is 5.58. The minimum Gasteiger partial charge on any atom is -0.372 e. The molecule has 2 saturated heterocycles. The lowest BCUT2D eigenvalue weighted by atomic mass is 10.2. The van der Waals surface area contributed by atoms with Crippen molar-refractivity contribution in [1.82, 2.24) is 14.9 Å². The summed E-state index contributed by atoms with van der Waals surface area (Å²) < 4.78 is 0. The largest absolute Gasteiger partial charge is 0.372 e. The molecule has 6 nitrogen and oxygen atoms in total. The number of rotatable bonds is 5. The van der Waals surface area contributed by atoms with Crippen LogP contribution in [0.4, 0.5) is 23.1 Å². The van der Waals surface area contributed by atoms with E-state index in [1.807, 2.05) is 6.92 Å². The predicted molar refractivity (Wildman–Crippen MR) is 112 cm³/mol. The SMILES string of the molecule is CCN1CCN(c2cc(C)nc(Nc3ccc(N4CCCC4)cc3)n2)CC1. The van der Waals surface area contributed by atoms with Crippen LogP contribution in [-0.2, 0) is 0 Å². The number of hydrogen-bond donors (Lipinski definition) is 1. The summed E-state index contributed by atoms with van der Waals surface area (Å²) in [7, 11) is 0. The highest BCUT2D eigenvalue weighted by atomic mass is 15.3. The molecule has 144 valence electrons. The molecule has 3 heterocycles. The van der Waals surface area contributed by atoms with Gasteiger partial charge in [0.05, 0.1) is 0 Å². The summed E-state index contributed by atoms with van der Waals surface area (Å²) in [5.41, 5.74) is 3.33. The number of nitrogens with one attached hydrogen (secondary N) is 1. The molecule has 2 aliphatic rings. The maximum Gasteiger partial charge on any atom is 0.229 e. The lowest BCUT2D eigenvalue weighted by molar-refractivity contribution is 0.270. The van der Waals surface area contributed by atoms with E-state index in [2.05, 4.69) is 62.3 Å². The van der Waals surface area contributed by atoms with Crippen molar-refractivity contribution < 1.29 is 0 Å². The zero-order chi connectivity index (χ0) is 18.6. The third kappa shape index (κ3) is 4.33. The topological polar surface area (TPSA) is 47.5 Å². The van der Waals surface area contributed by atoms with Gasteiger partial charge < -0.3 is 20.0 Å². The average Bonchev–Trinajstić information content (AvgIpc) is 3.23. The Bertz CT molecular complexity index is 746. The second kappa shape index (κ2) is 8.13. The molecule has 0 saturated carbocycles. The number of hydrogen-bond acceptors (Lipinski definition) is 6. The van der Waals surface area contributed by atoms with Crippen LogP contribution in [0.25, 0.3) is 0 Å². The average molecular weight is 367 g/mol. The molecule has 4 rings (SSSR count). The molecule has 0 unspecified atom stereocenters. The van der Waals surface area contributed by atoms with Crippen LogP contribution in [0.3, 0.4) is 0 Å². The van der Waals surface area contributed by atoms with E-state index in [0.29, 0.717) is 5.95 Å². The van der Waals surface area contributed by atoms with E-state index in [4.69, 9.17) is 4.98 Å². The maximum atomic E-state index is 4.78. The molecule has 0 spiro atoms. The Balaban J connectivity index is 1.45. The van der Waals surface area contributed by atoms with E-state index in [1.165, 1.54) is 31.6 Å². The molecule has 1 N–H and O–H groups in total.